The summed E-state index contributed by atoms with van der Waals surface area (Å²) < 4.78 is 4.75. The molecule has 0 rings (SSSR count). The van der Waals surface area contributed by atoms with Crippen LogP contribution in [0.3, 0.4) is 0 Å². The number of methoxy groups -OCH3 is 1. The zero-order chi connectivity index (χ0) is 17.9. The van der Waals surface area contributed by atoms with Crippen LogP contribution in [0, 0.1) is 5.92 Å². The van der Waals surface area contributed by atoms with Gasteiger partial charge in [0.25, 0.3) is 0 Å². The molecule has 0 fully saturated rings. The Kier molecular flexibility index (Phi) is 17.9. The number of ether oxygens (including phenoxy) is 1. The van der Waals surface area contributed by atoms with Crippen LogP contribution in [0.5, 0.6) is 0 Å². The van der Waals surface area contributed by atoms with Crippen molar-refractivity contribution in [3.63, 3.8) is 0 Å². The number of carbonyl (C=O) groups is 1. The molecule has 0 aliphatic rings. The van der Waals surface area contributed by atoms with Gasteiger partial charge in [-0.2, -0.15) is 0 Å². The summed E-state index contributed by atoms with van der Waals surface area (Å²) in [5.74, 6) is -0.000270. The van der Waals surface area contributed by atoms with E-state index in [0.29, 0.717) is 0 Å². The molecule has 0 aromatic carbocycles. The molecule has 1 unspecified atom stereocenters. The van der Waals surface area contributed by atoms with Gasteiger partial charge in [-0.15, -0.1) is 0 Å². The molecule has 0 saturated heterocycles. The van der Waals surface area contributed by atoms with Crippen molar-refractivity contribution in [2.24, 2.45) is 5.92 Å². The van der Waals surface area contributed by atoms with Crippen LogP contribution in [0.1, 0.15) is 110 Å². The van der Waals surface area contributed by atoms with Crippen LogP contribution in [0.25, 0.3) is 0 Å². The Morgan fingerprint density at radius 3 is 1.75 bits per heavy atom. The second kappa shape index (κ2) is 18.5. The molecule has 0 heterocycles. The summed E-state index contributed by atoms with van der Waals surface area (Å²) in [7, 11) is 1.47. The fourth-order valence-electron chi connectivity index (χ4n) is 3.02. The Morgan fingerprint density at radius 1 is 0.792 bits per heavy atom. The highest BCUT2D eigenvalue weighted by atomic mass is 16.5. The second-order valence-electron chi connectivity index (χ2n) is 7.15. The molecule has 1 atom stereocenters. The first-order valence-corrected chi connectivity index (χ1v) is 10.4. The molecule has 2 nitrogen and oxygen atoms in total. The molecule has 0 aromatic heterocycles. The van der Waals surface area contributed by atoms with Gasteiger partial charge >= 0.3 is 5.97 Å². The van der Waals surface area contributed by atoms with E-state index in [1.807, 2.05) is 6.92 Å². The van der Waals surface area contributed by atoms with E-state index in [2.05, 4.69) is 19.1 Å². The van der Waals surface area contributed by atoms with Gasteiger partial charge in [0.1, 0.15) is 0 Å². The second-order valence-corrected chi connectivity index (χ2v) is 7.15. The van der Waals surface area contributed by atoms with Gasteiger partial charge in [-0.05, 0) is 32.1 Å². The van der Waals surface area contributed by atoms with Crippen molar-refractivity contribution in [3.8, 4) is 0 Å². The van der Waals surface area contributed by atoms with Crippen LogP contribution in [-0.2, 0) is 9.53 Å². The number of rotatable bonds is 17. The minimum Gasteiger partial charge on any atom is -0.469 e. The molecule has 0 bridgehead atoms. The summed E-state index contributed by atoms with van der Waals surface area (Å²) in [6.45, 7) is 4.23. The van der Waals surface area contributed by atoms with Crippen LogP contribution in [0.4, 0.5) is 0 Å². The minimum absolute atomic E-state index is 0.0645. The van der Waals surface area contributed by atoms with E-state index in [1.165, 1.54) is 90.6 Å². The molecule has 0 aliphatic carbocycles. The third-order valence-corrected chi connectivity index (χ3v) is 4.75. The van der Waals surface area contributed by atoms with Gasteiger partial charge in [-0.1, -0.05) is 90.2 Å². The first-order chi connectivity index (χ1) is 11.7. The number of unbranched alkanes of at least 4 members (excludes halogenated alkanes) is 12. The molecule has 142 valence electrons. The summed E-state index contributed by atoms with van der Waals surface area (Å²) in [6.07, 6.45) is 24.3. The van der Waals surface area contributed by atoms with E-state index in [9.17, 15) is 4.79 Å². The maximum atomic E-state index is 11.3. The summed E-state index contributed by atoms with van der Waals surface area (Å²) in [5.41, 5.74) is 0. The van der Waals surface area contributed by atoms with Gasteiger partial charge in [-0.3, -0.25) is 4.79 Å². The highest BCUT2D eigenvalue weighted by Gasteiger charge is 2.11. The Morgan fingerprint density at radius 2 is 1.25 bits per heavy atom. The van der Waals surface area contributed by atoms with Crippen molar-refractivity contribution in [1.82, 2.24) is 0 Å². The van der Waals surface area contributed by atoms with Crippen molar-refractivity contribution in [2.75, 3.05) is 7.11 Å². The Bertz CT molecular complexity index is 296. The van der Waals surface area contributed by atoms with Crippen LogP contribution in [0.15, 0.2) is 12.2 Å². The quantitative estimate of drug-likeness (QED) is 0.159. The summed E-state index contributed by atoms with van der Waals surface area (Å²) in [6, 6.07) is 0. The van der Waals surface area contributed by atoms with Crippen molar-refractivity contribution in [1.29, 1.82) is 0 Å². The van der Waals surface area contributed by atoms with Gasteiger partial charge < -0.3 is 4.74 Å². The topological polar surface area (TPSA) is 26.3 Å². The highest BCUT2D eigenvalue weighted by molar-refractivity contribution is 5.71. The lowest BCUT2D eigenvalue weighted by Gasteiger charge is -2.08. The van der Waals surface area contributed by atoms with E-state index in [1.54, 1.807) is 0 Å². The Labute approximate surface area is 151 Å². The SMILES string of the molecule is CCCCCCC=CCCCCCCCCCCC(C)C(=O)OC. The van der Waals surface area contributed by atoms with Gasteiger partial charge in [0.2, 0.25) is 0 Å². The van der Waals surface area contributed by atoms with Crippen molar-refractivity contribution in [3.05, 3.63) is 12.2 Å². The normalized spacial score (nSPS) is 12.6. The molecule has 0 N–H and O–H groups in total. The first kappa shape index (κ1) is 23.2. The van der Waals surface area contributed by atoms with Gasteiger partial charge in [-0.25, -0.2) is 0 Å². The molecule has 2 heteroatoms. The van der Waals surface area contributed by atoms with E-state index >= 15 is 0 Å². The summed E-state index contributed by atoms with van der Waals surface area (Å²) in [4.78, 5) is 11.3. The third-order valence-electron chi connectivity index (χ3n) is 4.75. The fourth-order valence-corrected chi connectivity index (χ4v) is 3.02. The lowest BCUT2D eigenvalue weighted by atomic mass is 10.0. The average Bonchev–Trinajstić information content (AvgIpc) is 2.60. The van der Waals surface area contributed by atoms with E-state index < -0.39 is 0 Å². The Hall–Kier alpha value is -0.790. The monoisotopic (exact) mass is 338 g/mol. The Balaban J connectivity index is 3.17. The lowest BCUT2D eigenvalue weighted by molar-refractivity contribution is -0.145. The molecule has 0 aromatic rings. The average molecular weight is 339 g/mol. The number of hydrogen-bond acceptors (Lipinski definition) is 2. The van der Waals surface area contributed by atoms with Gasteiger partial charge in [0, 0.05) is 0 Å². The summed E-state index contributed by atoms with van der Waals surface area (Å²) >= 11 is 0. The largest absolute Gasteiger partial charge is 0.469 e. The van der Waals surface area contributed by atoms with Crippen molar-refractivity contribution >= 4 is 5.97 Å². The molecule has 0 amide bonds. The molecule has 0 spiro atoms. The minimum atomic E-state index is -0.0648. The van der Waals surface area contributed by atoms with Crippen molar-refractivity contribution < 1.29 is 9.53 Å². The van der Waals surface area contributed by atoms with Crippen LogP contribution in [-0.4, -0.2) is 13.1 Å². The molecule has 0 radical (unpaired) electrons. The lowest BCUT2D eigenvalue weighted by Crippen LogP contribution is -2.12. The number of carbonyl (C=O) groups excluding carboxylic acids is 1. The number of hydrogen-bond donors (Lipinski definition) is 0. The molecular formula is C22H42O2. The van der Waals surface area contributed by atoms with Crippen LogP contribution >= 0.6 is 0 Å². The predicted octanol–water partition coefficient (Wildman–Crippen LogP) is 7.22. The van der Waals surface area contributed by atoms with E-state index in [-0.39, 0.29) is 11.9 Å². The third kappa shape index (κ3) is 16.1. The zero-order valence-corrected chi connectivity index (χ0v) is 16.7. The maximum Gasteiger partial charge on any atom is 0.308 e. The standard InChI is InChI=1S/C22H42O2/c1-4-5-6-7-8-9-10-11-12-13-14-15-16-17-18-19-20-21(2)22(23)24-3/h9-10,21H,4-8,11-20H2,1-3H3. The highest BCUT2D eigenvalue weighted by Crippen LogP contribution is 2.14. The van der Waals surface area contributed by atoms with E-state index in [4.69, 9.17) is 4.74 Å². The van der Waals surface area contributed by atoms with Crippen LogP contribution in [0.2, 0.25) is 0 Å². The van der Waals surface area contributed by atoms with E-state index in [0.717, 1.165) is 12.8 Å². The summed E-state index contributed by atoms with van der Waals surface area (Å²) in [5, 5.41) is 0. The molecule has 0 saturated carbocycles. The number of esters is 1. The van der Waals surface area contributed by atoms with Gasteiger partial charge in [0.15, 0.2) is 0 Å². The molecule has 24 heavy (non-hydrogen) atoms. The predicted molar refractivity (Wildman–Crippen MR) is 105 cm³/mol. The number of allylic oxidation sites excluding steroid dienone is 2. The van der Waals surface area contributed by atoms with Crippen LogP contribution < -0.4 is 0 Å². The smallest absolute Gasteiger partial charge is 0.308 e. The fraction of sp³-hybridized carbons (Fsp3) is 0.864. The first-order valence-electron chi connectivity index (χ1n) is 10.4. The van der Waals surface area contributed by atoms with Gasteiger partial charge in [0.05, 0.1) is 13.0 Å². The molecule has 0 aliphatic heterocycles. The maximum absolute atomic E-state index is 11.3. The van der Waals surface area contributed by atoms with Crippen molar-refractivity contribution in [2.45, 2.75) is 110 Å². The molecular weight excluding hydrogens is 296 g/mol. The zero-order valence-electron chi connectivity index (χ0n) is 16.7.